The zero-order valence-corrected chi connectivity index (χ0v) is 20.3. The SMILES string of the molecule is CCOC(=O)[C@@H]1CCCN(C2CCN(c3cccc(NS(=O)(=O)c4ccc(F)cc4)c3)CC2)C1. The second kappa shape index (κ2) is 10.7. The molecule has 0 unspecified atom stereocenters. The normalized spacial score (nSPS) is 20.2. The highest BCUT2D eigenvalue weighted by Crippen LogP contribution is 2.28. The number of halogens is 1. The lowest BCUT2D eigenvalue weighted by Gasteiger charge is -2.42. The van der Waals surface area contributed by atoms with Crippen LogP contribution in [-0.2, 0) is 19.6 Å². The fourth-order valence-electron chi connectivity index (χ4n) is 4.87. The highest BCUT2D eigenvalue weighted by molar-refractivity contribution is 7.92. The molecule has 0 spiro atoms. The summed E-state index contributed by atoms with van der Waals surface area (Å²) in [5.41, 5.74) is 1.43. The maximum Gasteiger partial charge on any atom is 0.310 e. The number of nitrogens with zero attached hydrogens (tertiary/aromatic N) is 2. The topological polar surface area (TPSA) is 79.0 Å². The number of likely N-dealkylation sites (tertiary alicyclic amines) is 1. The van der Waals surface area contributed by atoms with Crippen LogP contribution >= 0.6 is 0 Å². The first-order valence-corrected chi connectivity index (χ1v) is 13.4. The fraction of sp³-hybridized carbons (Fsp3) is 0.480. The van der Waals surface area contributed by atoms with Gasteiger partial charge >= 0.3 is 5.97 Å². The van der Waals surface area contributed by atoms with Crippen LogP contribution in [0.25, 0.3) is 0 Å². The van der Waals surface area contributed by atoms with Gasteiger partial charge in [-0.05, 0) is 81.6 Å². The van der Waals surface area contributed by atoms with Crippen molar-refractivity contribution in [3.63, 3.8) is 0 Å². The number of nitrogens with one attached hydrogen (secondary N) is 1. The van der Waals surface area contributed by atoms with Crippen molar-refractivity contribution in [1.82, 2.24) is 4.90 Å². The van der Waals surface area contributed by atoms with E-state index in [1.807, 2.05) is 25.1 Å². The summed E-state index contributed by atoms with van der Waals surface area (Å²) in [6.45, 7) is 5.77. The van der Waals surface area contributed by atoms with Gasteiger partial charge in [0, 0.05) is 31.4 Å². The number of piperidine rings is 2. The number of esters is 1. The van der Waals surface area contributed by atoms with Crippen molar-refractivity contribution in [2.75, 3.05) is 42.4 Å². The average molecular weight is 490 g/mol. The molecule has 2 aromatic carbocycles. The summed E-state index contributed by atoms with van der Waals surface area (Å²) in [5.74, 6) is -0.590. The van der Waals surface area contributed by atoms with Gasteiger partial charge in [-0.15, -0.1) is 0 Å². The molecule has 2 aromatic rings. The van der Waals surface area contributed by atoms with Crippen LogP contribution in [0.5, 0.6) is 0 Å². The minimum Gasteiger partial charge on any atom is -0.466 e. The Balaban J connectivity index is 1.35. The van der Waals surface area contributed by atoms with Gasteiger partial charge in [0.25, 0.3) is 10.0 Å². The van der Waals surface area contributed by atoms with E-state index >= 15 is 0 Å². The number of carbonyl (C=O) groups is 1. The number of rotatable bonds is 7. The van der Waals surface area contributed by atoms with E-state index in [4.69, 9.17) is 4.74 Å². The predicted octanol–water partition coefficient (Wildman–Crippen LogP) is 3.87. The summed E-state index contributed by atoms with van der Waals surface area (Å²) < 4.78 is 46.3. The van der Waals surface area contributed by atoms with Gasteiger partial charge in [-0.3, -0.25) is 14.4 Å². The molecule has 0 saturated carbocycles. The lowest BCUT2D eigenvalue weighted by molar-refractivity contribution is -0.150. The Morgan fingerprint density at radius 3 is 2.53 bits per heavy atom. The van der Waals surface area contributed by atoms with E-state index in [1.165, 1.54) is 12.1 Å². The quantitative estimate of drug-likeness (QED) is 0.595. The van der Waals surface area contributed by atoms with E-state index in [9.17, 15) is 17.6 Å². The number of benzene rings is 2. The molecule has 0 aromatic heterocycles. The third-order valence-electron chi connectivity index (χ3n) is 6.64. The van der Waals surface area contributed by atoms with Crippen molar-refractivity contribution >= 4 is 27.4 Å². The molecule has 2 saturated heterocycles. The molecule has 0 radical (unpaired) electrons. The van der Waals surface area contributed by atoms with Gasteiger partial charge in [-0.25, -0.2) is 12.8 Å². The molecule has 9 heteroatoms. The summed E-state index contributed by atoms with van der Waals surface area (Å²) in [7, 11) is -3.80. The Kier molecular flexibility index (Phi) is 7.73. The number of hydrogen-bond donors (Lipinski definition) is 1. The van der Waals surface area contributed by atoms with Crippen molar-refractivity contribution in [2.24, 2.45) is 5.92 Å². The predicted molar refractivity (Wildman–Crippen MR) is 130 cm³/mol. The van der Waals surface area contributed by atoms with Crippen LogP contribution in [0.2, 0.25) is 0 Å². The van der Waals surface area contributed by atoms with Crippen LogP contribution in [0.4, 0.5) is 15.8 Å². The number of sulfonamides is 1. The molecule has 1 N–H and O–H groups in total. The van der Waals surface area contributed by atoms with Crippen LogP contribution in [-0.4, -0.2) is 58.1 Å². The molecule has 0 amide bonds. The number of anilines is 2. The zero-order chi connectivity index (χ0) is 24.1. The first-order chi connectivity index (χ1) is 16.4. The number of carbonyl (C=O) groups excluding carboxylic acids is 1. The van der Waals surface area contributed by atoms with Gasteiger partial charge in [0.15, 0.2) is 0 Å². The van der Waals surface area contributed by atoms with Crippen LogP contribution in [0, 0.1) is 11.7 Å². The largest absolute Gasteiger partial charge is 0.466 e. The van der Waals surface area contributed by atoms with Crippen LogP contribution in [0.1, 0.15) is 32.6 Å². The Morgan fingerprint density at radius 2 is 1.82 bits per heavy atom. The molecule has 184 valence electrons. The van der Waals surface area contributed by atoms with Gasteiger partial charge in [0.1, 0.15) is 5.82 Å². The minimum atomic E-state index is -3.80. The molecular weight excluding hydrogens is 457 g/mol. The first-order valence-electron chi connectivity index (χ1n) is 11.9. The van der Waals surface area contributed by atoms with Gasteiger partial charge in [0.05, 0.1) is 23.1 Å². The number of hydrogen-bond acceptors (Lipinski definition) is 6. The van der Waals surface area contributed by atoms with E-state index in [1.54, 1.807) is 6.07 Å². The fourth-order valence-corrected chi connectivity index (χ4v) is 5.92. The van der Waals surface area contributed by atoms with Gasteiger partial charge in [-0.1, -0.05) is 6.07 Å². The molecule has 0 aliphatic carbocycles. The molecule has 2 aliphatic rings. The second-order valence-electron chi connectivity index (χ2n) is 8.91. The highest BCUT2D eigenvalue weighted by Gasteiger charge is 2.32. The summed E-state index contributed by atoms with van der Waals surface area (Å²) in [6.07, 6.45) is 3.89. The van der Waals surface area contributed by atoms with E-state index in [0.717, 1.165) is 69.7 Å². The molecule has 34 heavy (non-hydrogen) atoms. The van der Waals surface area contributed by atoms with E-state index in [-0.39, 0.29) is 16.8 Å². The van der Waals surface area contributed by atoms with Crippen molar-refractivity contribution in [3.8, 4) is 0 Å². The number of ether oxygens (including phenoxy) is 1. The minimum absolute atomic E-state index is 0.0165. The summed E-state index contributed by atoms with van der Waals surface area (Å²) in [5, 5.41) is 0. The summed E-state index contributed by atoms with van der Waals surface area (Å²) >= 11 is 0. The van der Waals surface area contributed by atoms with E-state index in [2.05, 4.69) is 14.5 Å². The van der Waals surface area contributed by atoms with Crippen LogP contribution < -0.4 is 9.62 Å². The maximum absolute atomic E-state index is 13.1. The van der Waals surface area contributed by atoms with Crippen LogP contribution in [0.3, 0.4) is 0 Å². The van der Waals surface area contributed by atoms with Crippen molar-refractivity contribution in [1.29, 1.82) is 0 Å². The average Bonchev–Trinajstić information content (AvgIpc) is 2.84. The molecule has 4 rings (SSSR count). The summed E-state index contributed by atoms with van der Waals surface area (Å²) in [6, 6.07) is 12.6. The summed E-state index contributed by atoms with van der Waals surface area (Å²) in [4.78, 5) is 16.9. The lowest BCUT2D eigenvalue weighted by atomic mass is 9.94. The van der Waals surface area contributed by atoms with Gasteiger partial charge in [0.2, 0.25) is 0 Å². The smallest absolute Gasteiger partial charge is 0.310 e. The second-order valence-corrected chi connectivity index (χ2v) is 10.6. The first kappa shape index (κ1) is 24.5. The molecule has 7 nitrogen and oxygen atoms in total. The zero-order valence-electron chi connectivity index (χ0n) is 19.5. The van der Waals surface area contributed by atoms with Gasteiger partial charge < -0.3 is 9.64 Å². The lowest BCUT2D eigenvalue weighted by Crippen LogP contribution is -2.49. The standard InChI is InChI=1S/C25H32FN3O4S/c1-2-33-25(30)19-5-4-14-29(18-19)22-12-15-28(16-13-22)23-7-3-6-21(17-23)27-34(31,32)24-10-8-20(26)9-11-24/h3,6-11,17,19,22,27H,2,4-5,12-16,18H2,1H3/t19-/m1/s1. The molecule has 2 fully saturated rings. The molecule has 0 bridgehead atoms. The monoisotopic (exact) mass is 489 g/mol. The third kappa shape index (κ3) is 5.88. The molecule has 2 heterocycles. The Labute approximate surface area is 200 Å². The highest BCUT2D eigenvalue weighted by atomic mass is 32.2. The Morgan fingerprint density at radius 1 is 1.09 bits per heavy atom. The maximum atomic E-state index is 13.1. The van der Waals surface area contributed by atoms with Crippen molar-refractivity contribution < 1.29 is 22.3 Å². The molecular formula is C25H32FN3O4S. The van der Waals surface area contributed by atoms with E-state index in [0.29, 0.717) is 18.3 Å². The Bertz CT molecular complexity index is 1090. The van der Waals surface area contributed by atoms with Crippen LogP contribution in [0.15, 0.2) is 53.4 Å². The van der Waals surface area contributed by atoms with E-state index < -0.39 is 15.8 Å². The molecule has 2 aliphatic heterocycles. The van der Waals surface area contributed by atoms with Crippen molar-refractivity contribution in [3.05, 3.63) is 54.3 Å². The third-order valence-corrected chi connectivity index (χ3v) is 8.04. The Hall–Kier alpha value is -2.65. The van der Waals surface area contributed by atoms with Gasteiger partial charge in [-0.2, -0.15) is 0 Å². The van der Waals surface area contributed by atoms with Crippen molar-refractivity contribution in [2.45, 2.75) is 43.5 Å². The molecule has 1 atom stereocenters.